The van der Waals surface area contributed by atoms with Gasteiger partial charge in [0.15, 0.2) is 6.04 Å². The molecule has 0 radical (unpaired) electrons. The topological polar surface area (TPSA) is 50.4 Å². The summed E-state index contributed by atoms with van der Waals surface area (Å²) >= 11 is 0. The lowest BCUT2D eigenvalue weighted by Gasteiger charge is -2.26. The van der Waals surface area contributed by atoms with Crippen LogP contribution < -0.4 is 10.6 Å². The van der Waals surface area contributed by atoms with Crippen LogP contribution in [-0.4, -0.2) is 37.9 Å². The van der Waals surface area contributed by atoms with Gasteiger partial charge in [0.2, 0.25) is 5.91 Å². The molecule has 0 bridgehead atoms. The van der Waals surface area contributed by atoms with Gasteiger partial charge in [-0.3, -0.25) is 4.79 Å². The minimum absolute atomic E-state index is 0.117. The number of alkyl halides is 3. The first kappa shape index (κ1) is 16.7. The van der Waals surface area contributed by atoms with Gasteiger partial charge in [-0.15, -0.1) is 0 Å². The van der Waals surface area contributed by atoms with Gasteiger partial charge < -0.3 is 15.4 Å². The second-order valence-electron chi connectivity index (χ2n) is 5.02. The van der Waals surface area contributed by atoms with Crippen LogP contribution in [-0.2, 0) is 9.53 Å². The van der Waals surface area contributed by atoms with Crippen molar-refractivity contribution in [1.29, 1.82) is 0 Å². The standard InChI is InChI=1S/C14H16F4N2O2/c15-10-3-1-9(2-4-10)13(14(16,17)18)20-12(21)7-11-8-22-6-5-19-11/h1-4,11,13,19H,5-8H2,(H,20,21). The molecule has 0 saturated carbocycles. The summed E-state index contributed by atoms with van der Waals surface area (Å²) in [6.07, 6.45) is -4.78. The predicted octanol–water partition coefficient (Wildman–Crippen LogP) is 1.92. The maximum atomic E-state index is 13.1. The molecule has 122 valence electrons. The molecule has 1 amide bonds. The Kier molecular flexibility index (Phi) is 5.36. The molecule has 1 aliphatic heterocycles. The van der Waals surface area contributed by atoms with Crippen molar-refractivity contribution in [2.45, 2.75) is 24.7 Å². The Hall–Kier alpha value is -1.67. The SMILES string of the molecule is O=C(CC1COCCN1)NC(c1ccc(F)cc1)C(F)(F)F. The van der Waals surface area contributed by atoms with E-state index in [-0.39, 0.29) is 24.6 Å². The van der Waals surface area contributed by atoms with Crippen LogP contribution >= 0.6 is 0 Å². The van der Waals surface area contributed by atoms with E-state index >= 15 is 0 Å². The van der Waals surface area contributed by atoms with Crippen LogP contribution in [0, 0.1) is 5.82 Å². The maximum absolute atomic E-state index is 13.1. The molecule has 1 aromatic carbocycles. The minimum Gasteiger partial charge on any atom is -0.378 e. The second kappa shape index (κ2) is 7.06. The number of benzene rings is 1. The number of morpholine rings is 1. The van der Waals surface area contributed by atoms with Crippen molar-refractivity contribution >= 4 is 5.91 Å². The molecule has 1 aromatic rings. The van der Waals surface area contributed by atoms with E-state index in [0.717, 1.165) is 24.3 Å². The Morgan fingerprint density at radius 2 is 2.05 bits per heavy atom. The first-order chi connectivity index (χ1) is 10.4. The summed E-state index contributed by atoms with van der Waals surface area (Å²) in [5.74, 6) is -1.38. The largest absolute Gasteiger partial charge is 0.412 e. The van der Waals surface area contributed by atoms with E-state index in [1.165, 1.54) is 0 Å². The first-order valence-corrected chi connectivity index (χ1v) is 6.79. The average molecular weight is 320 g/mol. The smallest absolute Gasteiger partial charge is 0.378 e. The third-order valence-electron chi connectivity index (χ3n) is 3.27. The molecule has 4 nitrogen and oxygen atoms in total. The molecule has 1 saturated heterocycles. The fraction of sp³-hybridized carbons (Fsp3) is 0.500. The molecule has 2 unspecified atom stereocenters. The Labute approximate surface area is 124 Å². The van der Waals surface area contributed by atoms with Gasteiger partial charge in [-0.25, -0.2) is 4.39 Å². The zero-order valence-electron chi connectivity index (χ0n) is 11.6. The number of hydrogen-bond donors (Lipinski definition) is 2. The van der Waals surface area contributed by atoms with Crippen LogP contribution in [0.25, 0.3) is 0 Å². The molecule has 0 spiro atoms. The highest BCUT2D eigenvalue weighted by Gasteiger charge is 2.42. The Bertz CT molecular complexity index is 499. The van der Waals surface area contributed by atoms with Crippen molar-refractivity contribution in [3.05, 3.63) is 35.6 Å². The highest BCUT2D eigenvalue weighted by Crippen LogP contribution is 2.32. The number of rotatable bonds is 4. The third kappa shape index (κ3) is 4.67. The van der Waals surface area contributed by atoms with Crippen molar-refractivity contribution in [2.75, 3.05) is 19.8 Å². The molecule has 22 heavy (non-hydrogen) atoms. The van der Waals surface area contributed by atoms with Crippen LogP contribution in [0.15, 0.2) is 24.3 Å². The number of carbonyl (C=O) groups is 1. The van der Waals surface area contributed by atoms with Crippen molar-refractivity contribution in [3.63, 3.8) is 0 Å². The fourth-order valence-corrected chi connectivity index (χ4v) is 2.20. The summed E-state index contributed by atoms with van der Waals surface area (Å²) in [5.41, 5.74) is -0.213. The average Bonchev–Trinajstić information content (AvgIpc) is 2.46. The van der Waals surface area contributed by atoms with E-state index in [2.05, 4.69) is 5.32 Å². The maximum Gasteiger partial charge on any atom is 0.412 e. The number of amides is 1. The number of carbonyl (C=O) groups excluding carboxylic acids is 1. The molecule has 2 atom stereocenters. The summed E-state index contributed by atoms with van der Waals surface area (Å²) in [4.78, 5) is 11.8. The third-order valence-corrected chi connectivity index (χ3v) is 3.27. The molecule has 1 heterocycles. The lowest BCUT2D eigenvalue weighted by molar-refractivity contribution is -0.163. The highest BCUT2D eigenvalue weighted by atomic mass is 19.4. The van der Waals surface area contributed by atoms with Crippen LogP contribution in [0.4, 0.5) is 17.6 Å². The number of hydrogen-bond acceptors (Lipinski definition) is 3. The van der Waals surface area contributed by atoms with Gasteiger partial charge in [-0.1, -0.05) is 12.1 Å². The van der Waals surface area contributed by atoms with E-state index in [1.54, 1.807) is 0 Å². The van der Waals surface area contributed by atoms with E-state index in [0.29, 0.717) is 13.2 Å². The molecule has 1 fully saturated rings. The van der Waals surface area contributed by atoms with E-state index in [1.807, 2.05) is 5.32 Å². The van der Waals surface area contributed by atoms with Crippen LogP contribution in [0.2, 0.25) is 0 Å². The second-order valence-corrected chi connectivity index (χ2v) is 5.02. The van der Waals surface area contributed by atoms with Crippen LogP contribution in [0.3, 0.4) is 0 Å². The van der Waals surface area contributed by atoms with Crippen molar-refractivity contribution in [3.8, 4) is 0 Å². The van der Waals surface area contributed by atoms with Gasteiger partial charge in [-0.2, -0.15) is 13.2 Å². The molecule has 8 heteroatoms. The Morgan fingerprint density at radius 3 is 2.59 bits per heavy atom. The lowest BCUT2D eigenvalue weighted by atomic mass is 10.1. The van der Waals surface area contributed by atoms with E-state index in [9.17, 15) is 22.4 Å². The quantitative estimate of drug-likeness (QED) is 0.834. The fourth-order valence-electron chi connectivity index (χ4n) is 2.20. The van der Waals surface area contributed by atoms with Gasteiger partial charge in [0.1, 0.15) is 5.82 Å². The van der Waals surface area contributed by atoms with E-state index < -0.39 is 23.9 Å². The van der Waals surface area contributed by atoms with Crippen molar-refractivity contribution in [2.24, 2.45) is 0 Å². The summed E-state index contributed by atoms with van der Waals surface area (Å²) < 4.78 is 57.3. The van der Waals surface area contributed by atoms with Gasteiger partial charge in [-0.05, 0) is 17.7 Å². The summed E-state index contributed by atoms with van der Waals surface area (Å²) in [7, 11) is 0. The number of nitrogens with one attached hydrogen (secondary N) is 2. The molecule has 0 aromatic heterocycles. The Balaban J connectivity index is 2.03. The molecule has 2 N–H and O–H groups in total. The van der Waals surface area contributed by atoms with Gasteiger partial charge in [0.25, 0.3) is 0 Å². The van der Waals surface area contributed by atoms with Gasteiger partial charge in [0.05, 0.1) is 13.2 Å². The van der Waals surface area contributed by atoms with E-state index in [4.69, 9.17) is 4.74 Å². The summed E-state index contributed by atoms with van der Waals surface area (Å²) in [6.45, 7) is 1.35. The molecular formula is C14H16F4N2O2. The summed E-state index contributed by atoms with van der Waals surface area (Å²) in [5, 5.41) is 4.95. The van der Waals surface area contributed by atoms with Gasteiger partial charge >= 0.3 is 6.18 Å². The molecule has 0 aliphatic carbocycles. The highest BCUT2D eigenvalue weighted by molar-refractivity contribution is 5.77. The minimum atomic E-state index is -4.66. The lowest BCUT2D eigenvalue weighted by Crippen LogP contribution is -2.46. The molecule has 2 rings (SSSR count). The first-order valence-electron chi connectivity index (χ1n) is 6.79. The van der Waals surface area contributed by atoms with Gasteiger partial charge in [0, 0.05) is 19.0 Å². The zero-order valence-corrected chi connectivity index (χ0v) is 11.6. The van der Waals surface area contributed by atoms with Crippen LogP contribution in [0.1, 0.15) is 18.0 Å². The number of ether oxygens (including phenoxy) is 1. The van der Waals surface area contributed by atoms with Crippen molar-refractivity contribution in [1.82, 2.24) is 10.6 Å². The predicted molar refractivity (Wildman–Crippen MR) is 70.6 cm³/mol. The molecular weight excluding hydrogens is 304 g/mol. The normalized spacial score (nSPS) is 20.5. The van der Waals surface area contributed by atoms with Crippen molar-refractivity contribution < 1.29 is 27.1 Å². The summed E-state index contributed by atoms with van der Waals surface area (Å²) in [6, 6.07) is 1.40. The monoisotopic (exact) mass is 320 g/mol. The number of halogens is 4. The molecule has 1 aliphatic rings. The Morgan fingerprint density at radius 1 is 1.36 bits per heavy atom. The van der Waals surface area contributed by atoms with Crippen LogP contribution in [0.5, 0.6) is 0 Å². The zero-order chi connectivity index (χ0) is 16.2.